The molecule has 2 aliphatic carbocycles. The average Bonchev–Trinajstić information content (AvgIpc) is 2.85. The van der Waals surface area contributed by atoms with Crippen molar-refractivity contribution >= 4 is 0 Å². The molecular formula is C31H43F. The highest BCUT2D eigenvalue weighted by molar-refractivity contribution is 5.65. The number of halogens is 1. The van der Waals surface area contributed by atoms with Crippen molar-refractivity contribution in [3.05, 3.63) is 59.4 Å². The van der Waals surface area contributed by atoms with Crippen LogP contribution in [-0.4, -0.2) is 0 Å². The third kappa shape index (κ3) is 5.83. The molecule has 0 bridgehead atoms. The highest BCUT2D eigenvalue weighted by atomic mass is 19.1. The van der Waals surface area contributed by atoms with Crippen molar-refractivity contribution in [1.82, 2.24) is 0 Å². The molecule has 0 spiro atoms. The molecule has 0 atom stereocenters. The summed E-state index contributed by atoms with van der Waals surface area (Å²) in [5.41, 5.74) is 4.42. The van der Waals surface area contributed by atoms with Gasteiger partial charge in [-0.2, -0.15) is 0 Å². The second kappa shape index (κ2) is 11.5. The highest BCUT2D eigenvalue weighted by Gasteiger charge is 2.23. The van der Waals surface area contributed by atoms with Gasteiger partial charge < -0.3 is 0 Å². The molecule has 0 radical (unpaired) electrons. The van der Waals surface area contributed by atoms with Gasteiger partial charge in [-0.1, -0.05) is 82.3 Å². The number of hydrogen-bond donors (Lipinski definition) is 0. The van der Waals surface area contributed by atoms with Crippen molar-refractivity contribution in [3.8, 4) is 11.1 Å². The summed E-state index contributed by atoms with van der Waals surface area (Å²) in [6.45, 7) is 4.60. The SMILES string of the molecule is CCCCC[C@H]1CC[C@H](c2ccc(-c3ccc([C@H]4CC[C@H](CC)CC4)cc3)c(F)c2)CC1. The molecule has 0 nitrogen and oxygen atoms in total. The molecular weight excluding hydrogens is 391 g/mol. The van der Waals surface area contributed by atoms with Gasteiger partial charge in [0.05, 0.1) is 0 Å². The maximum atomic E-state index is 15.1. The van der Waals surface area contributed by atoms with Crippen LogP contribution in [0.4, 0.5) is 4.39 Å². The molecule has 4 rings (SSSR count). The predicted molar refractivity (Wildman–Crippen MR) is 136 cm³/mol. The zero-order valence-electron chi connectivity index (χ0n) is 20.4. The third-order valence-corrected chi connectivity index (χ3v) is 8.64. The first kappa shape index (κ1) is 23.5. The Balaban J connectivity index is 1.35. The first-order chi connectivity index (χ1) is 15.7. The van der Waals surface area contributed by atoms with Gasteiger partial charge in [0.25, 0.3) is 0 Å². The fraction of sp³-hybridized carbons (Fsp3) is 0.613. The topological polar surface area (TPSA) is 0 Å². The fourth-order valence-corrected chi connectivity index (χ4v) is 6.33. The molecule has 0 amide bonds. The summed E-state index contributed by atoms with van der Waals surface area (Å²) in [5.74, 6) is 3.01. The van der Waals surface area contributed by atoms with Crippen molar-refractivity contribution in [2.45, 2.75) is 109 Å². The summed E-state index contributed by atoms with van der Waals surface area (Å²) in [6, 6.07) is 14.8. The monoisotopic (exact) mass is 434 g/mol. The Morgan fingerprint density at radius 3 is 1.88 bits per heavy atom. The minimum absolute atomic E-state index is 0.0521. The van der Waals surface area contributed by atoms with E-state index in [2.05, 4.69) is 44.2 Å². The van der Waals surface area contributed by atoms with Gasteiger partial charge in [-0.25, -0.2) is 4.39 Å². The van der Waals surface area contributed by atoms with Crippen LogP contribution in [-0.2, 0) is 0 Å². The minimum Gasteiger partial charge on any atom is -0.206 e. The Labute approximate surface area is 196 Å². The third-order valence-electron chi connectivity index (χ3n) is 8.64. The van der Waals surface area contributed by atoms with Gasteiger partial charge in [-0.05, 0) is 97.8 Å². The Kier molecular flexibility index (Phi) is 8.44. The van der Waals surface area contributed by atoms with Crippen molar-refractivity contribution < 1.29 is 4.39 Å². The molecule has 0 aromatic heterocycles. The standard InChI is InChI=1S/C31H43F/c1-3-5-6-7-24-10-14-27(15-11-24)29-20-21-30(31(32)22-29)28-18-16-26(17-19-28)25-12-8-23(4-2)9-13-25/h16-25,27H,3-15H2,1-2H3/t23-,24-,25-,27-. The molecule has 0 saturated heterocycles. The smallest absolute Gasteiger partial charge is 0.131 e. The second-order valence-corrected chi connectivity index (χ2v) is 10.7. The normalized spacial score (nSPS) is 26.2. The van der Waals surface area contributed by atoms with Gasteiger partial charge in [0.15, 0.2) is 0 Å². The number of benzene rings is 2. The summed E-state index contributed by atoms with van der Waals surface area (Å²) in [6.07, 6.45) is 17.2. The van der Waals surface area contributed by atoms with Gasteiger partial charge in [0, 0.05) is 5.56 Å². The molecule has 2 saturated carbocycles. The zero-order valence-corrected chi connectivity index (χ0v) is 20.4. The lowest BCUT2D eigenvalue weighted by Gasteiger charge is -2.29. The molecule has 0 N–H and O–H groups in total. The lowest BCUT2D eigenvalue weighted by molar-refractivity contribution is 0.302. The number of hydrogen-bond acceptors (Lipinski definition) is 0. The van der Waals surface area contributed by atoms with Crippen molar-refractivity contribution in [2.24, 2.45) is 11.8 Å². The van der Waals surface area contributed by atoms with Crippen LogP contribution in [0.5, 0.6) is 0 Å². The Bertz CT molecular complexity index is 820. The van der Waals surface area contributed by atoms with E-state index in [0.717, 1.165) is 23.0 Å². The van der Waals surface area contributed by atoms with E-state index >= 15 is 4.39 Å². The molecule has 2 fully saturated rings. The lowest BCUT2D eigenvalue weighted by Crippen LogP contribution is -2.13. The summed E-state index contributed by atoms with van der Waals surface area (Å²) in [4.78, 5) is 0. The van der Waals surface area contributed by atoms with Crippen LogP contribution < -0.4 is 0 Å². The number of unbranched alkanes of at least 4 members (excludes halogenated alkanes) is 2. The minimum atomic E-state index is -0.0521. The average molecular weight is 435 g/mol. The maximum absolute atomic E-state index is 15.1. The van der Waals surface area contributed by atoms with E-state index in [-0.39, 0.29) is 5.82 Å². The first-order valence-electron chi connectivity index (χ1n) is 13.6. The van der Waals surface area contributed by atoms with Gasteiger partial charge in [0.2, 0.25) is 0 Å². The van der Waals surface area contributed by atoms with Crippen LogP contribution in [0.15, 0.2) is 42.5 Å². The van der Waals surface area contributed by atoms with Crippen LogP contribution in [0, 0.1) is 17.7 Å². The van der Waals surface area contributed by atoms with Gasteiger partial charge >= 0.3 is 0 Å². The predicted octanol–water partition coefficient (Wildman–Crippen LogP) is 10.0. The molecule has 2 aromatic rings. The van der Waals surface area contributed by atoms with E-state index in [1.165, 1.54) is 94.6 Å². The summed E-state index contributed by atoms with van der Waals surface area (Å²) >= 11 is 0. The lowest BCUT2D eigenvalue weighted by atomic mass is 9.76. The Morgan fingerprint density at radius 2 is 1.28 bits per heavy atom. The van der Waals surface area contributed by atoms with Crippen LogP contribution >= 0.6 is 0 Å². The van der Waals surface area contributed by atoms with Gasteiger partial charge in [-0.3, -0.25) is 0 Å². The van der Waals surface area contributed by atoms with E-state index in [4.69, 9.17) is 0 Å². The molecule has 0 aliphatic heterocycles. The quantitative estimate of drug-likeness (QED) is 0.362. The molecule has 1 heteroatoms. The van der Waals surface area contributed by atoms with Gasteiger partial charge in [-0.15, -0.1) is 0 Å². The fourth-order valence-electron chi connectivity index (χ4n) is 6.33. The van der Waals surface area contributed by atoms with Gasteiger partial charge in [0.1, 0.15) is 5.82 Å². The largest absolute Gasteiger partial charge is 0.206 e. The maximum Gasteiger partial charge on any atom is 0.131 e. The molecule has 174 valence electrons. The highest BCUT2D eigenvalue weighted by Crippen LogP contribution is 2.40. The van der Waals surface area contributed by atoms with E-state index in [1.807, 2.05) is 12.1 Å². The summed E-state index contributed by atoms with van der Waals surface area (Å²) in [7, 11) is 0. The summed E-state index contributed by atoms with van der Waals surface area (Å²) < 4.78 is 15.1. The van der Waals surface area contributed by atoms with E-state index in [0.29, 0.717) is 11.8 Å². The van der Waals surface area contributed by atoms with Crippen LogP contribution in [0.2, 0.25) is 0 Å². The molecule has 0 heterocycles. The van der Waals surface area contributed by atoms with Crippen LogP contribution in [0.3, 0.4) is 0 Å². The Morgan fingerprint density at radius 1 is 0.688 bits per heavy atom. The second-order valence-electron chi connectivity index (χ2n) is 10.7. The molecule has 2 aliphatic rings. The van der Waals surface area contributed by atoms with Crippen molar-refractivity contribution in [2.75, 3.05) is 0 Å². The summed E-state index contributed by atoms with van der Waals surface area (Å²) in [5, 5.41) is 0. The first-order valence-corrected chi connectivity index (χ1v) is 13.6. The van der Waals surface area contributed by atoms with Crippen molar-refractivity contribution in [1.29, 1.82) is 0 Å². The Hall–Kier alpha value is -1.63. The van der Waals surface area contributed by atoms with Crippen LogP contribution in [0.25, 0.3) is 11.1 Å². The molecule has 32 heavy (non-hydrogen) atoms. The van der Waals surface area contributed by atoms with Crippen molar-refractivity contribution in [3.63, 3.8) is 0 Å². The molecule has 0 unspecified atom stereocenters. The zero-order chi connectivity index (χ0) is 22.3. The van der Waals surface area contributed by atoms with E-state index in [1.54, 1.807) is 0 Å². The molecule has 2 aromatic carbocycles. The van der Waals surface area contributed by atoms with E-state index < -0.39 is 0 Å². The van der Waals surface area contributed by atoms with E-state index in [9.17, 15) is 0 Å². The number of rotatable bonds is 8. The van der Waals surface area contributed by atoms with Crippen LogP contribution in [0.1, 0.15) is 120 Å².